The lowest BCUT2D eigenvalue weighted by Gasteiger charge is -2.24. The minimum absolute atomic E-state index is 0.834. The SMILES string of the molecule is Cc1cc(Cl)c(SN(CCN(C)C)Cc2ccccc2)cc1C. The van der Waals surface area contributed by atoms with Crippen LogP contribution in [0.4, 0.5) is 0 Å². The summed E-state index contributed by atoms with van der Waals surface area (Å²) in [4.78, 5) is 3.34. The molecule has 4 heteroatoms. The maximum atomic E-state index is 6.45. The minimum atomic E-state index is 0.834. The Balaban J connectivity index is 2.15. The van der Waals surface area contributed by atoms with Crippen molar-refractivity contribution >= 4 is 23.5 Å². The second kappa shape index (κ2) is 8.74. The van der Waals surface area contributed by atoms with Gasteiger partial charge in [-0.15, -0.1) is 0 Å². The van der Waals surface area contributed by atoms with Crippen molar-refractivity contribution in [2.24, 2.45) is 0 Å². The first-order valence-corrected chi connectivity index (χ1v) is 8.99. The highest BCUT2D eigenvalue weighted by atomic mass is 35.5. The van der Waals surface area contributed by atoms with E-state index in [1.165, 1.54) is 16.7 Å². The van der Waals surface area contributed by atoms with Crippen LogP contribution in [0.5, 0.6) is 0 Å². The zero-order chi connectivity index (χ0) is 16.8. The van der Waals surface area contributed by atoms with Crippen molar-refractivity contribution in [3.8, 4) is 0 Å². The largest absolute Gasteiger partial charge is 0.308 e. The smallest absolute Gasteiger partial charge is 0.0557 e. The van der Waals surface area contributed by atoms with Gasteiger partial charge in [-0.25, -0.2) is 4.31 Å². The molecule has 0 amide bonds. The molecule has 2 aromatic rings. The Morgan fingerprint density at radius 3 is 2.26 bits per heavy atom. The number of benzene rings is 2. The first-order chi connectivity index (χ1) is 11.0. The van der Waals surface area contributed by atoms with Crippen LogP contribution in [0.15, 0.2) is 47.4 Å². The average Bonchev–Trinajstić information content (AvgIpc) is 2.51. The third-order valence-electron chi connectivity index (χ3n) is 3.77. The molecule has 23 heavy (non-hydrogen) atoms. The van der Waals surface area contributed by atoms with Gasteiger partial charge in [0.05, 0.1) is 5.02 Å². The van der Waals surface area contributed by atoms with Crippen LogP contribution in [-0.4, -0.2) is 36.4 Å². The van der Waals surface area contributed by atoms with Crippen LogP contribution in [-0.2, 0) is 6.54 Å². The third-order valence-corrected chi connectivity index (χ3v) is 5.30. The molecule has 0 fully saturated rings. The highest BCUT2D eigenvalue weighted by molar-refractivity contribution is 7.97. The number of aryl methyl sites for hydroxylation is 2. The molecule has 0 N–H and O–H groups in total. The summed E-state index contributed by atoms with van der Waals surface area (Å²) in [6, 6.07) is 14.8. The summed E-state index contributed by atoms with van der Waals surface area (Å²) < 4.78 is 2.38. The molecule has 2 rings (SSSR count). The molecule has 0 heterocycles. The normalized spacial score (nSPS) is 11.4. The summed E-state index contributed by atoms with van der Waals surface area (Å²) in [5.41, 5.74) is 3.84. The van der Waals surface area contributed by atoms with Crippen LogP contribution in [0, 0.1) is 13.8 Å². The topological polar surface area (TPSA) is 6.48 Å². The summed E-state index contributed by atoms with van der Waals surface area (Å²) in [5, 5.41) is 0.834. The molecule has 0 spiro atoms. The highest BCUT2D eigenvalue weighted by Gasteiger charge is 2.12. The van der Waals surface area contributed by atoms with E-state index in [9.17, 15) is 0 Å². The van der Waals surface area contributed by atoms with Crippen LogP contribution in [0.25, 0.3) is 0 Å². The lowest BCUT2D eigenvalue weighted by Crippen LogP contribution is -2.26. The first kappa shape index (κ1) is 18.3. The lowest BCUT2D eigenvalue weighted by atomic mass is 10.1. The average molecular weight is 349 g/mol. The van der Waals surface area contributed by atoms with Crippen LogP contribution >= 0.6 is 23.5 Å². The van der Waals surface area contributed by atoms with E-state index < -0.39 is 0 Å². The van der Waals surface area contributed by atoms with Crippen molar-refractivity contribution in [2.45, 2.75) is 25.3 Å². The maximum Gasteiger partial charge on any atom is 0.0557 e. The Labute approximate surface area is 149 Å². The van der Waals surface area contributed by atoms with E-state index in [1.807, 2.05) is 0 Å². The number of rotatable bonds is 7. The number of halogens is 1. The Morgan fingerprint density at radius 1 is 0.957 bits per heavy atom. The fourth-order valence-electron chi connectivity index (χ4n) is 2.22. The molecule has 0 unspecified atom stereocenters. The van der Waals surface area contributed by atoms with Crippen molar-refractivity contribution in [1.82, 2.24) is 9.21 Å². The summed E-state index contributed by atoms with van der Waals surface area (Å²) in [6.07, 6.45) is 0. The van der Waals surface area contributed by atoms with E-state index in [0.29, 0.717) is 0 Å². The second-order valence-electron chi connectivity index (χ2n) is 6.11. The van der Waals surface area contributed by atoms with Crippen LogP contribution in [0.1, 0.15) is 16.7 Å². The van der Waals surface area contributed by atoms with Gasteiger partial charge in [0.1, 0.15) is 0 Å². The van der Waals surface area contributed by atoms with E-state index in [2.05, 4.69) is 79.6 Å². The molecule has 0 bridgehead atoms. The zero-order valence-corrected chi connectivity index (χ0v) is 15.9. The van der Waals surface area contributed by atoms with Gasteiger partial charge in [-0.1, -0.05) is 41.9 Å². The van der Waals surface area contributed by atoms with Gasteiger partial charge >= 0.3 is 0 Å². The van der Waals surface area contributed by atoms with Gasteiger partial charge < -0.3 is 4.90 Å². The number of hydrogen-bond donors (Lipinski definition) is 0. The standard InChI is InChI=1S/C19H25ClN2S/c1-15-12-18(20)19(13-16(15)2)23-22(11-10-21(3)4)14-17-8-6-5-7-9-17/h5-9,12-13H,10-11,14H2,1-4H3. The Bertz CT molecular complexity index is 629. The van der Waals surface area contributed by atoms with Crippen LogP contribution < -0.4 is 0 Å². The number of hydrogen-bond acceptors (Lipinski definition) is 3. The molecular formula is C19H25ClN2S. The minimum Gasteiger partial charge on any atom is -0.308 e. The summed E-state index contributed by atoms with van der Waals surface area (Å²) in [6.45, 7) is 7.14. The van der Waals surface area contributed by atoms with Crippen LogP contribution in [0.3, 0.4) is 0 Å². The predicted octanol–water partition coefficient (Wildman–Crippen LogP) is 5.03. The lowest BCUT2D eigenvalue weighted by molar-refractivity contribution is 0.348. The van der Waals surface area contributed by atoms with Gasteiger partial charge in [0.15, 0.2) is 0 Å². The van der Waals surface area contributed by atoms with Gasteiger partial charge in [0.2, 0.25) is 0 Å². The molecule has 0 radical (unpaired) electrons. The second-order valence-corrected chi connectivity index (χ2v) is 7.66. The van der Waals surface area contributed by atoms with E-state index >= 15 is 0 Å². The highest BCUT2D eigenvalue weighted by Crippen LogP contribution is 2.33. The van der Waals surface area contributed by atoms with Crippen LogP contribution in [0.2, 0.25) is 5.02 Å². The first-order valence-electron chi connectivity index (χ1n) is 7.84. The van der Waals surface area contributed by atoms with Crippen molar-refractivity contribution < 1.29 is 0 Å². The summed E-state index contributed by atoms with van der Waals surface area (Å²) >= 11 is 8.20. The van der Waals surface area contributed by atoms with Crippen molar-refractivity contribution in [2.75, 3.05) is 27.2 Å². The van der Waals surface area contributed by atoms with Gasteiger partial charge in [-0.3, -0.25) is 0 Å². The number of likely N-dealkylation sites (N-methyl/N-ethyl adjacent to an activating group) is 1. The molecule has 0 aromatic heterocycles. The molecule has 2 nitrogen and oxygen atoms in total. The van der Waals surface area contributed by atoms with E-state index in [-0.39, 0.29) is 0 Å². The predicted molar refractivity (Wildman–Crippen MR) is 102 cm³/mol. The van der Waals surface area contributed by atoms with E-state index in [0.717, 1.165) is 29.6 Å². The van der Waals surface area contributed by atoms with Gasteiger partial charge in [-0.2, -0.15) is 0 Å². The maximum absolute atomic E-state index is 6.45. The molecule has 0 saturated carbocycles. The summed E-state index contributed by atoms with van der Waals surface area (Å²) in [7, 11) is 4.21. The van der Waals surface area contributed by atoms with E-state index in [4.69, 9.17) is 11.6 Å². The monoisotopic (exact) mass is 348 g/mol. The van der Waals surface area contributed by atoms with Gasteiger partial charge in [0, 0.05) is 24.5 Å². The fourth-order valence-corrected chi connectivity index (χ4v) is 3.58. The van der Waals surface area contributed by atoms with Crippen molar-refractivity contribution in [1.29, 1.82) is 0 Å². The third kappa shape index (κ3) is 5.85. The molecule has 2 aromatic carbocycles. The van der Waals surface area contributed by atoms with E-state index in [1.54, 1.807) is 11.9 Å². The quantitative estimate of drug-likeness (QED) is 0.648. The van der Waals surface area contributed by atoms with Crippen molar-refractivity contribution in [3.63, 3.8) is 0 Å². The molecule has 124 valence electrons. The molecule has 0 atom stereocenters. The Morgan fingerprint density at radius 2 is 1.61 bits per heavy atom. The molecule has 0 saturated heterocycles. The number of nitrogens with zero attached hydrogens (tertiary/aromatic N) is 2. The molecular weight excluding hydrogens is 324 g/mol. The summed E-state index contributed by atoms with van der Waals surface area (Å²) in [5.74, 6) is 0. The van der Waals surface area contributed by atoms with Crippen molar-refractivity contribution in [3.05, 3.63) is 64.2 Å². The Kier molecular flexibility index (Phi) is 6.97. The molecule has 0 aliphatic carbocycles. The Hall–Kier alpha value is -1.00. The fraction of sp³-hybridized carbons (Fsp3) is 0.368. The zero-order valence-electron chi connectivity index (χ0n) is 14.3. The van der Waals surface area contributed by atoms with Gasteiger partial charge in [0.25, 0.3) is 0 Å². The molecule has 0 aliphatic heterocycles. The molecule has 0 aliphatic rings. The van der Waals surface area contributed by atoms with Gasteiger partial charge in [-0.05, 0) is 68.7 Å².